The Morgan fingerprint density at radius 2 is 1.89 bits per heavy atom. The fourth-order valence-electron chi connectivity index (χ4n) is 1.55. The average molecular weight is 267 g/mol. The van der Waals surface area contributed by atoms with E-state index in [9.17, 15) is 9.59 Å². The van der Waals surface area contributed by atoms with Gasteiger partial charge in [0.2, 0.25) is 6.79 Å². The van der Waals surface area contributed by atoms with Crippen LogP contribution in [0.25, 0.3) is 0 Å². The van der Waals surface area contributed by atoms with Gasteiger partial charge < -0.3 is 18.9 Å². The molecule has 0 saturated carbocycles. The number of carbonyl (C=O) groups is 2. The minimum atomic E-state index is -0.705. The Morgan fingerprint density at radius 1 is 1.21 bits per heavy atom. The van der Waals surface area contributed by atoms with E-state index in [1.165, 1.54) is 6.07 Å². The standard InChI is InChI=1S/C12H13NO6/c1-3-16-11(14)7-5-8-10(19-6-18-8)13-9(7)12(15)17-4-2/h5H,3-4,6H2,1-2H3. The lowest BCUT2D eigenvalue weighted by atomic mass is 10.2. The Bertz CT molecular complexity index is 468. The van der Waals surface area contributed by atoms with Gasteiger partial charge >= 0.3 is 11.9 Å². The zero-order valence-corrected chi connectivity index (χ0v) is 10.6. The average Bonchev–Trinajstić information content (AvgIpc) is 2.85. The van der Waals surface area contributed by atoms with Crippen molar-refractivity contribution in [2.45, 2.75) is 13.8 Å². The van der Waals surface area contributed by atoms with E-state index in [0.717, 1.165) is 0 Å². The van der Waals surface area contributed by atoms with Crippen molar-refractivity contribution < 1.29 is 28.5 Å². The summed E-state index contributed by atoms with van der Waals surface area (Å²) in [6, 6.07) is 1.37. The molecule has 0 saturated heterocycles. The molecule has 0 aromatic carbocycles. The molecule has 1 aliphatic heterocycles. The van der Waals surface area contributed by atoms with E-state index in [-0.39, 0.29) is 37.1 Å². The van der Waals surface area contributed by atoms with E-state index < -0.39 is 11.9 Å². The summed E-state index contributed by atoms with van der Waals surface area (Å²) in [6.45, 7) is 3.70. The largest absolute Gasteiger partial charge is 0.462 e. The van der Waals surface area contributed by atoms with Crippen LogP contribution in [0.3, 0.4) is 0 Å². The van der Waals surface area contributed by atoms with E-state index in [0.29, 0.717) is 5.75 Å². The number of rotatable bonds is 4. The molecule has 0 radical (unpaired) electrons. The third-order valence-corrected chi connectivity index (χ3v) is 2.33. The van der Waals surface area contributed by atoms with Crippen molar-refractivity contribution in [3.8, 4) is 11.6 Å². The fourth-order valence-corrected chi connectivity index (χ4v) is 1.55. The Balaban J connectivity index is 2.43. The van der Waals surface area contributed by atoms with Gasteiger partial charge in [-0.25, -0.2) is 14.6 Å². The summed E-state index contributed by atoms with van der Waals surface area (Å²) in [5.41, 5.74) is -0.130. The van der Waals surface area contributed by atoms with E-state index >= 15 is 0 Å². The number of aromatic nitrogens is 1. The summed E-state index contributed by atoms with van der Waals surface area (Å²) in [7, 11) is 0. The lowest BCUT2D eigenvalue weighted by Crippen LogP contribution is -2.16. The van der Waals surface area contributed by atoms with Crippen molar-refractivity contribution in [1.82, 2.24) is 4.98 Å². The van der Waals surface area contributed by atoms with Crippen molar-refractivity contribution in [2.75, 3.05) is 20.0 Å². The van der Waals surface area contributed by atoms with Crippen LogP contribution in [0.1, 0.15) is 34.7 Å². The molecule has 2 rings (SSSR count). The van der Waals surface area contributed by atoms with E-state index in [1.54, 1.807) is 13.8 Å². The summed E-state index contributed by atoms with van der Waals surface area (Å²) >= 11 is 0. The summed E-state index contributed by atoms with van der Waals surface area (Å²) < 4.78 is 19.9. The monoisotopic (exact) mass is 267 g/mol. The van der Waals surface area contributed by atoms with Crippen LogP contribution in [-0.4, -0.2) is 36.9 Å². The quantitative estimate of drug-likeness (QED) is 0.757. The van der Waals surface area contributed by atoms with Gasteiger partial charge in [-0.15, -0.1) is 0 Å². The highest BCUT2D eigenvalue weighted by Gasteiger charge is 2.27. The molecule has 0 bridgehead atoms. The van der Waals surface area contributed by atoms with Gasteiger partial charge in [-0.05, 0) is 13.8 Å². The third kappa shape index (κ3) is 2.59. The van der Waals surface area contributed by atoms with Gasteiger partial charge in [0.15, 0.2) is 11.4 Å². The Hall–Kier alpha value is -2.31. The minimum Gasteiger partial charge on any atom is -0.462 e. The maximum atomic E-state index is 11.8. The molecule has 0 fully saturated rings. The first kappa shape index (κ1) is 13.1. The van der Waals surface area contributed by atoms with Crippen molar-refractivity contribution in [2.24, 2.45) is 0 Å². The molecule has 0 spiro atoms. The summed E-state index contributed by atoms with van der Waals surface area (Å²) in [4.78, 5) is 27.5. The van der Waals surface area contributed by atoms with Crippen molar-refractivity contribution in [3.63, 3.8) is 0 Å². The van der Waals surface area contributed by atoms with Gasteiger partial charge in [0.1, 0.15) is 0 Å². The van der Waals surface area contributed by atoms with Crippen LogP contribution < -0.4 is 9.47 Å². The fraction of sp³-hybridized carbons (Fsp3) is 0.417. The van der Waals surface area contributed by atoms with E-state index in [1.807, 2.05) is 0 Å². The number of nitrogens with zero attached hydrogens (tertiary/aromatic N) is 1. The van der Waals surface area contributed by atoms with Gasteiger partial charge in [-0.1, -0.05) is 0 Å². The predicted octanol–water partition coefficient (Wildman–Crippen LogP) is 1.16. The van der Waals surface area contributed by atoms with Crippen LogP contribution >= 0.6 is 0 Å². The van der Waals surface area contributed by atoms with Crippen molar-refractivity contribution in [3.05, 3.63) is 17.3 Å². The molecular weight excluding hydrogens is 254 g/mol. The number of fused-ring (bicyclic) bond motifs is 1. The molecule has 7 nitrogen and oxygen atoms in total. The Kier molecular flexibility index (Phi) is 3.84. The first-order valence-corrected chi connectivity index (χ1v) is 5.82. The van der Waals surface area contributed by atoms with Crippen molar-refractivity contribution in [1.29, 1.82) is 0 Å². The first-order chi connectivity index (χ1) is 9.17. The minimum absolute atomic E-state index is 0.00310. The zero-order chi connectivity index (χ0) is 13.8. The number of hydrogen-bond acceptors (Lipinski definition) is 7. The normalized spacial score (nSPS) is 12.1. The molecule has 0 amide bonds. The predicted molar refractivity (Wildman–Crippen MR) is 62.3 cm³/mol. The summed E-state index contributed by atoms with van der Waals surface area (Å²) in [6.07, 6.45) is 0. The van der Waals surface area contributed by atoms with Crippen LogP contribution in [-0.2, 0) is 9.47 Å². The number of carbonyl (C=O) groups excluding carboxylic acids is 2. The lowest BCUT2D eigenvalue weighted by Gasteiger charge is -2.08. The second kappa shape index (κ2) is 5.55. The molecule has 0 atom stereocenters. The molecule has 19 heavy (non-hydrogen) atoms. The maximum absolute atomic E-state index is 11.8. The lowest BCUT2D eigenvalue weighted by molar-refractivity contribution is 0.0472. The number of ether oxygens (including phenoxy) is 4. The SMILES string of the molecule is CCOC(=O)c1cc2c(nc1C(=O)OCC)OCO2. The molecular formula is C12H13NO6. The molecule has 1 aromatic rings. The van der Waals surface area contributed by atoms with E-state index in [2.05, 4.69) is 4.98 Å². The van der Waals surface area contributed by atoms with Gasteiger partial charge in [0.25, 0.3) is 5.88 Å². The highest BCUT2D eigenvalue weighted by atomic mass is 16.7. The molecule has 0 aliphatic carbocycles. The second-order valence-corrected chi connectivity index (χ2v) is 3.54. The zero-order valence-electron chi connectivity index (χ0n) is 10.6. The molecule has 2 heterocycles. The molecule has 0 unspecified atom stereocenters. The smallest absolute Gasteiger partial charge is 0.357 e. The van der Waals surface area contributed by atoms with Gasteiger partial charge in [-0.2, -0.15) is 0 Å². The third-order valence-electron chi connectivity index (χ3n) is 2.33. The molecule has 1 aromatic heterocycles. The molecule has 7 heteroatoms. The highest BCUT2D eigenvalue weighted by molar-refractivity contribution is 6.02. The van der Waals surface area contributed by atoms with Gasteiger partial charge in [0.05, 0.1) is 18.8 Å². The summed E-state index contributed by atoms with van der Waals surface area (Å²) in [5.74, 6) is -0.896. The van der Waals surface area contributed by atoms with Gasteiger partial charge in [0, 0.05) is 6.07 Å². The molecule has 102 valence electrons. The van der Waals surface area contributed by atoms with Crippen LogP contribution in [0, 0.1) is 0 Å². The second-order valence-electron chi connectivity index (χ2n) is 3.54. The number of pyridine rings is 1. The van der Waals surface area contributed by atoms with Crippen LogP contribution in [0.15, 0.2) is 6.07 Å². The van der Waals surface area contributed by atoms with Crippen LogP contribution in [0.5, 0.6) is 11.6 Å². The number of esters is 2. The topological polar surface area (TPSA) is 84.0 Å². The van der Waals surface area contributed by atoms with Crippen molar-refractivity contribution >= 4 is 11.9 Å². The van der Waals surface area contributed by atoms with Gasteiger partial charge in [-0.3, -0.25) is 0 Å². The van der Waals surface area contributed by atoms with Crippen LogP contribution in [0.4, 0.5) is 0 Å². The molecule has 1 aliphatic rings. The first-order valence-electron chi connectivity index (χ1n) is 5.82. The van der Waals surface area contributed by atoms with Crippen LogP contribution in [0.2, 0.25) is 0 Å². The molecule has 0 N–H and O–H groups in total. The number of hydrogen-bond donors (Lipinski definition) is 0. The summed E-state index contributed by atoms with van der Waals surface area (Å²) in [5, 5.41) is 0. The maximum Gasteiger partial charge on any atom is 0.357 e. The van der Waals surface area contributed by atoms with E-state index in [4.69, 9.17) is 18.9 Å². The highest BCUT2D eigenvalue weighted by Crippen LogP contribution is 2.32. The Labute approximate surface area is 109 Å². The Morgan fingerprint density at radius 3 is 2.58 bits per heavy atom.